The van der Waals surface area contributed by atoms with Crippen LogP contribution in [-0.2, 0) is 11.3 Å². The third kappa shape index (κ3) is 2.19. The number of fused-ring (bicyclic) bond motifs is 1. The van der Waals surface area contributed by atoms with Crippen molar-refractivity contribution in [2.45, 2.75) is 25.8 Å². The van der Waals surface area contributed by atoms with Crippen LogP contribution < -0.4 is 0 Å². The number of aromatic nitrogens is 1. The van der Waals surface area contributed by atoms with Crippen molar-refractivity contribution in [3.63, 3.8) is 0 Å². The second kappa shape index (κ2) is 4.13. The van der Waals surface area contributed by atoms with Gasteiger partial charge in [0.1, 0.15) is 0 Å². The van der Waals surface area contributed by atoms with Crippen molar-refractivity contribution in [1.29, 1.82) is 0 Å². The molecule has 17 heavy (non-hydrogen) atoms. The van der Waals surface area contributed by atoms with Crippen LogP contribution in [0.5, 0.6) is 0 Å². The van der Waals surface area contributed by atoms with Gasteiger partial charge >= 0.3 is 0 Å². The smallest absolute Gasteiger partial charge is 0.225 e. The highest BCUT2D eigenvalue weighted by Crippen LogP contribution is 2.54. The van der Waals surface area contributed by atoms with Gasteiger partial charge in [0.15, 0.2) is 0 Å². The molecule has 2 unspecified atom stereocenters. The van der Waals surface area contributed by atoms with E-state index in [1.54, 1.807) is 6.20 Å². The fourth-order valence-corrected chi connectivity index (χ4v) is 3.07. The van der Waals surface area contributed by atoms with Gasteiger partial charge < -0.3 is 4.90 Å². The number of pyridine rings is 1. The summed E-state index contributed by atoms with van der Waals surface area (Å²) in [6.07, 6.45) is 7.21. The number of carbonyl (C=O) groups is 1. The third-order valence-corrected chi connectivity index (χ3v) is 4.11. The lowest BCUT2D eigenvalue weighted by atomic mass is 10.0. The van der Waals surface area contributed by atoms with Crippen molar-refractivity contribution in [2.75, 3.05) is 7.05 Å². The Morgan fingerprint density at radius 3 is 2.82 bits per heavy atom. The fourth-order valence-electron chi connectivity index (χ4n) is 3.07. The standard InChI is InChI=1S/C14H18N2O/c1-16(9-10-3-2-4-15-8-10)14(17)13-6-11-5-12(11)7-13/h2-4,8,11-13H,5-7,9H2,1H3. The molecule has 3 rings (SSSR count). The van der Waals surface area contributed by atoms with Gasteiger partial charge in [-0.2, -0.15) is 0 Å². The number of carbonyl (C=O) groups excluding carboxylic acids is 1. The van der Waals surface area contributed by atoms with E-state index in [9.17, 15) is 4.79 Å². The van der Waals surface area contributed by atoms with Crippen LogP contribution in [-0.4, -0.2) is 22.8 Å². The monoisotopic (exact) mass is 230 g/mol. The Kier molecular flexibility index (Phi) is 2.61. The van der Waals surface area contributed by atoms with E-state index in [1.807, 2.05) is 30.3 Å². The Morgan fingerprint density at radius 2 is 2.18 bits per heavy atom. The lowest BCUT2D eigenvalue weighted by Crippen LogP contribution is -2.31. The van der Waals surface area contributed by atoms with Gasteiger partial charge in [0.05, 0.1) is 0 Å². The van der Waals surface area contributed by atoms with E-state index in [2.05, 4.69) is 4.98 Å². The predicted molar refractivity (Wildman–Crippen MR) is 65.0 cm³/mol. The van der Waals surface area contributed by atoms with Gasteiger partial charge in [-0.25, -0.2) is 0 Å². The van der Waals surface area contributed by atoms with Crippen molar-refractivity contribution >= 4 is 5.91 Å². The van der Waals surface area contributed by atoms with E-state index >= 15 is 0 Å². The van der Waals surface area contributed by atoms with Gasteiger partial charge in [0, 0.05) is 31.9 Å². The lowest BCUT2D eigenvalue weighted by Gasteiger charge is -2.21. The molecule has 1 aromatic rings. The van der Waals surface area contributed by atoms with Gasteiger partial charge in [-0.3, -0.25) is 9.78 Å². The van der Waals surface area contributed by atoms with Gasteiger partial charge in [0.25, 0.3) is 0 Å². The molecular formula is C14H18N2O. The topological polar surface area (TPSA) is 33.2 Å². The average Bonchev–Trinajstić information content (AvgIpc) is 2.96. The molecule has 1 aromatic heterocycles. The quantitative estimate of drug-likeness (QED) is 0.796. The van der Waals surface area contributed by atoms with Gasteiger partial charge in [-0.1, -0.05) is 6.07 Å². The van der Waals surface area contributed by atoms with Crippen molar-refractivity contribution in [3.05, 3.63) is 30.1 Å². The van der Waals surface area contributed by atoms with Crippen LogP contribution in [0.15, 0.2) is 24.5 Å². The summed E-state index contributed by atoms with van der Waals surface area (Å²) in [6, 6.07) is 3.93. The summed E-state index contributed by atoms with van der Waals surface area (Å²) in [4.78, 5) is 18.2. The van der Waals surface area contributed by atoms with Crippen molar-refractivity contribution in [3.8, 4) is 0 Å². The summed E-state index contributed by atoms with van der Waals surface area (Å²) in [7, 11) is 1.90. The highest BCUT2D eigenvalue weighted by atomic mass is 16.2. The van der Waals surface area contributed by atoms with Crippen molar-refractivity contribution in [1.82, 2.24) is 9.88 Å². The Hall–Kier alpha value is -1.38. The average molecular weight is 230 g/mol. The van der Waals surface area contributed by atoms with Crippen LogP contribution >= 0.6 is 0 Å². The molecule has 2 fully saturated rings. The summed E-state index contributed by atoms with van der Waals surface area (Å²) < 4.78 is 0. The number of rotatable bonds is 3. The molecule has 0 aliphatic heterocycles. The van der Waals surface area contributed by atoms with Gasteiger partial charge in [-0.15, -0.1) is 0 Å². The van der Waals surface area contributed by atoms with E-state index < -0.39 is 0 Å². The highest BCUT2D eigenvalue weighted by molar-refractivity contribution is 5.79. The molecule has 0 spiro atoms. The molecule has 3 heteroatoms. The molecule has 0 bridgehead atoms. The molecule has 2 atom stereocenters. The number of nitrogens with zero attached hydrogens (tertiary/aromatic N) is 2. The number of hydrogen-bond donors (Lipinski definition) is 0. The summed E-state index contributed by atoms with van der Waals surface area (Å²) in [5.41, 5.74) is 1.10. The second-order valence-electron chi connectivity index (χ2n) is 5.48. The first-order chi connectivity index (χ1) is 8.24. The minimum absolute atomic E-state index is 0.292. The van der Waals surface area contributed by atoms with E-state index in [1.165, 1.54) is 6.42 Å². The maximum Gasteiger partial charge on any atom is 0.225 e. The minimum Gasteiger partial charge on any atom is -0.341 e. The Morgan fingerprint density at radius 1 is 1.41 bits per heavy atom. The zero-order valence-electron chi connectivity index (χ0n) is 10.2. The summed E-state index contributed by atoms with van der Waals surface area (Å²) in [6.45, 7) is 0.679. The van der Waals surface area contributed by atoms with Gasteiger partial charge in [0.2, 0.25) is 5.91 Å². The van der Waals surface area contributed by atoms with Gasteiger partial charge in [-0.05, 0) is 42.7 Å². The molecular weight excluding hydrogens is 212 g/mol. The van der Waals surface area contributed by atoms with Crippen molar-refractivity contribution in [2.24, 2.45) is 17.8 Å². The maximum absolute atomic E-state index is 12.2. The molecule has 1 amide bonds. The first-order valence-corrected chi connectivity index (χ1v) is 6.38. The van der Waals surface area contributed by atoms with Crippen molar-refractivity contribution < 1.29 is 4.79 Å². The molecule has 0 N–H and O–H groups in total. The van der Waals surface area contributed by atoms with Crippen LogP contribution in [0.3, 0.4) is 0 Å². The number of amides is 1. The van der Waals surface area contributed by atoms with Crippen LogP contribution in [0.4, 0.5) is 0 Å². The first kappa shape index (κ1) is 10.8. The molecule has 3 nitrogen and oxygen atoms in total. The SMILES string of the molecule is CN(Cc1cccnc1)C(=O)C1CC2CC2C1. The van der Waals surface area contributed by atoms with Crippen LogP contribution in [0, 0.1) is 17.8 Å². The zero-order valence-corrected chi connectivity index (χ0v) is 10.2. The fraction of sp³-hybridized carbons (Fsp3) is 0.571. The Balaban J connectivity index is 1.58. The van der Waals surface area contributed by atoms with E-state index in [4.69, 9.17) is 0 Å². The Labute approximate surface area is 102 Å². The molecule has 0 radical (unpaired) electrons. The van der Waals surface area contributed by atoms with Crippen LogP contribution in [0.1, 0.15) is 24.8 Å². The normalized spacial score (nSPS) is 29.8. The summed E-state index contributed by atoms with van der Waals surface area (Å²) in [5, 5.41) is 0. The molecule has 0 aromatic carbocycles. The highest BCUT2D eigenvalue weighted by Gasteiger charge is 2.48. The minimum atomic E-state index is 0.292. The maximum atomic E-state index is 12.2. The molecule has 2 saturated carbocycles. The number of hydrogen-bond acceptors (Lipinski definition) is 2. The lowest BCUT2D eigenvalue weighted by molar-refractivity contribution is -0.134. The Bertz CT molecular complexity index is 407. The molecule has 2 aliphatic carbocycles. The summed E-state index contributed by atoms with van der Waals surface area (Å²) >= 11 is 0. The molecule has 1 heterocycles. The third-order valence-electron chi connectivity index (χ3n) is 4.11. The zero-order chi connectivity index (χ0) is 11.8. The first-order valence-electron chi connectivity index (χ1n) is 6.38. The predicted octanol–water partition coefficient (Wildman–Crippen LogP) is 2.09. The molecule has 0 saturated heterocycles. The van der Waals surface area contributed by atoms with E-state index in [-0.39, 0.29) is 0 Å². The summed E-state index contributed by atoms with van der Waals surface area (Å²) in [5.74, 6) is 2.35. The van der Waals surface area contributed by atoms with Crippen LogP contribution in [0.2, 0.25) is 0 Å². The largest absolute Gasteiger partial charge is 0.341 e. The van der Waals surface area contributed by atoms with E-state index in [0.717, 1.165) is 30.2 Å². The van der Waals surface area contributed by atoms with Crippen LogP contribution in [0.25, 0.3) is 0 Å². The van der Waals surface area contributed by atoms with E-state index in [0.29, 0.717) is 18.4 Å². The second-order valence-corrected chi connectivity index (χ2v) is 5.48. The molecule has 2 aliphatic rings. The molecule has 90 valence electrons.